The van der Waals surface area contributed by atoms with Crippen LogP contribution in [0.25, 0.3) is 0 Å². The maximum Gasteiger partial charge on any atom is 0.223 e. The largest absolute Gasteiger partial charge is 0.377 e. The number of nitrogens with zero attached hydrogens (tertiary/aromatic N) is 4. The molecule has 27 heavy (non-hydrogen) atoms. The monoisotopic (exact) mass is 376 g/mol. The summed E-state index contributed by atoms with van der Waals surface area (Å²) in [6.07, 6.45) is 7.11. The van der Waals surface area contributed by atoms with Crippen molar-refractivity contribution >= 4 is 5.91 Å². The molecule has 0 aromatic carbocycles. The lowest BCUT2D eigenvalue weighted by molar-refractivity contribution is -0.134. The van der Waals surface area contributed by atoms with Gasteiger partial charge >= 0.3 is 0 Å². The van der Waals surface area contributed by atoms with Crippen LogP contribution in [-0.4, -0.2) is 83.8 Å². The zero-order valence-electron chi connectivity index (χ0n) is 16.8. The molecule has 0 radical (unpaired) electrons. The average molecular weight is 377 g/mol. The number of aromatic nitrogens is 2. The first-order valence-electron chi connectivity index (χ1n) is 9.91. The highest BCUT2D eigenvalue weighted by molar-refractivity contribution is 5.76. The molecule has 3 heterocycles. The second-order valence-corrected chi connectivity index (χ2v) is 8.21. The van der Waals surface area contributed by atoms with E-state index in [0.29, 0.717) is 51.1 Å². The number of hydrogen-bond donors (Lipinski definition) is 0. The van der Waals surface area contributed by atoms with E-state index in [4.69, 9.17) is 9.47 Å². The Morgan fingerprint density at radius 3 is 2.93 bits per heavy atom. The Bertz CT molecular complexity index is 613. The Hall–Kier alpha value is -1.57. The van der Waals surface area contributed by atoms with Crippen LogP contribution in [0.15, 0.2) is 18.7 Å². The molecule has 150 valence electrons. The van der Waals surface area contributed by atoms with Crippen LogP contribution in [0.4, 0.5) is 0 Å². The van der Waals surface area contributed by atoms with Crippen molar-refractivity contribution in [3.8, 4) is 0 Å². The summed E-state index contributed by atoms with van der Waals surface area (Å²) in [7, 11) is 2.16. The van der Waals surface area contributed by atoms with Crippen LogP contribution in [0.3, 0.4) is 0 Å². The van der Waals surface area contributed by atoms with E-state index in [1.54, 1.807) is 12.4 Å². The Labute approximate surface area is 162 Å². The molecule has 2 unspecified atom stereocenters. The highest BCUT2D eigenvalue weighted by Gasteiger charge is 2.44. The van der Waals surface area contributed by atoms with E-state index < -0.39 is 0 Å². The lowest BCUT2D eigenvalue weighted by Gasteiger charge is -2.31. The molecule has 1 amide bonds. The summed E-state index contributed by atoms with van der Waals surface area (Å²) >= 11 is 0. The SMILES string of the molecule is CC(C)N(C)CC1COC2(COCCN(C(=O)CCc3cncnc3)C2)C1. The van der Waals surface area contributed by atoms with Gasteiger partial charge in [0.1, 0.15) is 11.9 Å². The molecule has 1 aromatic heterocycles. The smallest absolute Gasteiger partial charge is 0.223 e. The molecule has 2 aliphatic heterocycles. The van der Waals surface area contributed by atoms with E-state index in [1.165, 1.54) is 6.33 Å². The molecule has 7 heteroatoms. The van der Waals surface area contributed by atoms with Crippen molar-refractivity contribution in [2.24, 2.45) is 5.92 Å². The quantitative estimate of drug-likeness (QED) is 0.747. The van der Waals surface area contributed by atoms with Gasteiger partial charge in [-0.3, -0.25) is 4.79 Å². The summed E-state index contributed by atoms with van der Waals surface area (Å²) in [5.74, 6) is 0.632. The molecular formula is C20H32N4O3. The molecule has 3 rings (SSSR count). The van der Waals surface area contributed by atoms with E-state index in [0.717, 1.165) is 25.1 Å². The summed E-state index contributed by atoms with van der Waals surface area (Å²) in [5, 5.41) is 0. The molecule has 2 saturated heterocycles. The van der Waals surface area contributed by atoms with Gasteiger partial charge in [-0.2, -0.15) is 0 Å². The van der Waals surface area contributed by atoms with E-state index >= 15 is 0 Å². The summed E-state index contributed by atoms with van der Waals surface area (Å²) in [6, 6.07) is 0.520. The van der Waals surface area contributed by atoms with Gasteiger partial charge in [-0.1, -0.05) is 0 Å². The molecule has 2 atom stereocenters. The molecule has 2 fully saturated rings. The van der Waals surface area contributed by atoms with E-state index in [9.17, 15) is 4.79 Å². The van der Waals surface area contributed by atoms with Crippen molar-refractivity contribution in [3.63, 3.8) is 0 Å². The van der Waals surface area contributed by atoms with Gasteiger partial charge in [0.15, 0.2) is 0 Å². The van der Waals surface area contributed by atoms with Gasteiger partial charge in [-0.05, 0) is 45.2 Å². The summed E-state index contributed by atoms with van der Waals surface area (Å²) in [4.78, 5) is 25.1. The second-order valence-electron chi connectivity index (χ2n) is 8.21. The highest BCUT2D eigenvalue weighted by atomic mass is 16.5. The minimum Gasteiger partial charge on any atom is -0.377 e. The summed E-state index contributed by atoms with van der Waals surface area (Å²) in [6.45, 7) is 8.57. The fourth-order valence-electron chi connectivity index (χ4n) is 3.87. The normalized spacial score (nSPS) is 26.1. The number of ether oxygens (including phenoxy) is 2. The molecule has 1 spiro atoms. The van der Waals surface area contributed by atoms with Gasteiger partial charge in [0.25, 0.3) is 0 Å². The Morgan fingerprint density at radius 2 is 2.19 bits per heavy atom. The zero-order valence-corrected chi connectivity index (χ0v) is 16.8. The third-order valence-electron chi connectivity index (χ3n) is 5.66. The topological polar surface area (TPSA) is 67.8 Å². The van der Waals surface area contributed by atoms with Crippen LogP contribution in [0, 0.1) is 5.92 Å². The zero-order chi connectivity index (χ0) is 19.3. The van der Waals surface area contributed by atoms with Crippen LogP contribution < -0.4 is 0 Å². The Balaban J connectivity index is 1.56. The number of carbonyl (C=O) groups is 1. The Kier molecular flexibility index (Phi) is 6.78. The number of carbonyl (C=O) groups excluding carboxylic acids is 1. The molecule has 7 nitrogen and oxygen atoms in total. The van der Waals surface area contributed by atoms with Crippen LogP contribution >= 0.6 is 0 Å². The van der Waals surface area contributed by atoms with Crippen molar-refractivity contribution in [1.29, 1.82) is 0 Å². The predicted molar refractivity (Wildman–Crippen MR) is 102 cm³/mol. The van der Waals surface area contributed by atoms with Crippen LogP contribution in [0.1, 0.15) is 32.3 Å². The van der Waals surface area contributed by atoms with Crippen LogP contribution in [0.5, 0.6) is 0 Å². The first-order chi connectivity index (χ1) is 13.0. The van der Waals surface area contributed by atoms with Gasteiger partial charge < -0.3 is 19.3 Å². The predicted octanol–water partition coefficient (Wildman–Crippen LogP) is 1.38. The highest BCUT2D eigenvalue weighted by Crippen LogP contribution is 2.33. The number of rotatable bonds is 6. The molecule has 0 saturated carbocycles. The van der Waals surface area contributed by atoms with Gasteiger partial charge in [-0.25, -0.2) is 9.97 Å². The van der Waals surface area contributed by atoms with E-state index in [-0.39, 0.29) is 11.5 Å². The van der Waals surface area contributed by atoms with Gasteiger partial charge in [0.05, 0.1) is 26.4 Å². The number of aryl methyl sites for hydroxylation is 1. The standard InChI is InChI=1S/C20H32N4O3/c1-16(2)23(3)11-18-8-20(27-12-18)13-24(6-7-26-14-20)19(25)5-4-17-9-21-15-22-10-17/h9-10,15-16,18H,4-8,11-14H2,1-3H3. The van der Waals surface area contributed by atoms with Crippen LogP contribution in [0.2, 0.25) is 0 Å². The van der Waals surface area contributed by atoms with Crippen molar-refractivity contribution in [2.45, 2.75) is 44.8 Å². The molecule has 0 bridgehead atoms. The summed E-state index contributed by atoms with van der Waals surface area (Å²) in [5.41, 5.74) is 0.630. The van der Waals surface area contributed by atoms with Crippen molar-refractivity contribution in [2.75, 3.05) is 46.5 Å². The number of amides is 1. The van der Waals surface area contributed by atoms with E-state index in [2.05, 4.69) is 35.8 Å². The minimum atomic E-state index is -0.357. The van der Waals surface area contributed by atoms with Crippen LogP contribution in [-0.2, 0) is 20.7 Å². The maximum absolute atomic E-state index is 12.8. The van der Waals surface area contributed by atoms with Gasteiger partial charge in [0.2, 0.25) is 5.91 Å². The molecule has 0 N–H and O–H groups in total. The Morgan fingerprint density at radius 1 is 1.41 bits per heavy atom. The molecular weight excluding hydrogens is 344 g/mol. The first kappa shape index (κ1) is 20.2. The fourth-order valence-corrected chi connectivity index (χ4v) is 3.87. The van der Waals surface area contributed by atoms with Gasteiger partial charge in [-0.15, -0.1) is 0 Å². The molecule has 1 aromatic rings. The third-order valence-corrected chi connectivity index (χ3v) is 5.66. The van der Waals surface area contributed by atoms with Crippen molar-refractivity contribution in [1.82, 2.24) is 19.8 Å². The average Bonchev–Trinajstić information content (AvgIpc) is 2.92. The molecule has 2 aliphatic rings. The van der Waals surface area contributed by atoms with Crippen molar-refractivity contribution < 1.29 is 14.3 Å². The molecule has 0 aliphatic carbocycles. The minimum absolute atomic E-state index is 0.148. The maximum atomic E-state index is 12.8. The van der Waals surface area contributed by atoms with Crippen molar-refractivity contribution in [3.05, 3.63) is 24.3 Å². The van der Waals surface area contributed by atoms with E-state index in [1.807, 2.05) is 4.90 Å². The lowest BCUT2D eigenvalue weighted by Crippen LogP contribution is -2.46. The second kappa shape index (κ2) is 9.08. The third kappa shape index (κ3) is 5.46. The summed E-state index contributed by atoms with van der Waals surface area (Å²) < 4.78 is 12.1. The lowest BCUT2D eigenvalue weighted by atomic mass is 9.93. The first-order valence-corrected chi connectivity index (χ1v) is 9.91. The fraction of sp³-hybridized carbons (Fsp3) is 0.750. The number of hydrogen-bond acceptors (Lipinski definition) is 6. The van der Waals surface area contributed by atoms with Gasteiger partial charge in [0, 0.05) is 37.9 Å².